The zero-order chi connectivity index (χ0) is 16.6. The van der Waals surface area contributed by atoms with Crippen LogP contribution in [0, 0.1) is 6.57 Å². The van der Waals surface area contributed by atoms with Gasteiger partial charge in [-0.05, 0) is 42.7 Å². The Kier molecular flexibility index (Phi) is 3.54. The smallest absolute Gasteiger partial charge is 0.335 e. The number of nitrogens with zero attached hydrogens (tertiary/aromatic N) is 4. The van der Waals surface area contributed by atoms with E-state index in [1.54, 1.807) is 0 Å². The summed E-state index contributed by atoms with van der Waals surface area (Å²) < 4.78 is 1.81. The molecule has 0 saturated carbocycles. The maximum absolute atomic E-state index is 11.1. The predicted molar refractivity (Wildman–Crippen MR) is 86.6 cm³/mol. The van der Waals surface area contributed by atoms with Crippen molar-refractivity contribution in [1.29, 1.82) is 0 Å². The molecule has 3 rings (SSSR count). The Labute approximate surface area is 132 Å². The molecule has 0 aliphatic rings. The van der Waals surface area contributed by atoms with Crippen LogP contribution in [0.4, 0.5) is 5.82 Å². The second-order valence-corrected chi connectivity index (χ2v) is 5.44. The first-order valence-electron chi connectivity index (χ1n) is 7.10. The van der Waals surface area contributed by atoms with Crippen molar-refractivity contribution < 1.29 is 9.90 Å². The minimum atomic E-state index is -0.996. The third-order valence-electron chi connectivity index (χ3n) is 3.58. The first-order chi connectivity index (χ1) is 11.0. The third kappa shape index (κ3) is 2.53. The number of hydrogen-bond acceptors (Lipinski definition) is 3. The van der Waals surface area contributed by atoms with Gasteiger partial charge < -0.3 is 9.95 Å². The van der Waals surface area contributed by atoms with Crippen LogP contribution in [0.1, 0.15) is 30.2 Å². The van der Waals surface area contributed by atoms with E-state index in [4.69, 9.17) is 11.7 Å². The summed E-state index contributed by atoms with van der Waals surface area (Å²) in [5.74, 6) is -0.658. The molecule has 1 aromatic carbocycles. The Morgan fingerprint density at radius 1 is 1.30 bits per heavy atom. The van der Waals surface area contributed by atoms with E-state index in [1.165, 1.54) is 18.3 Å². The van der Waals surface area contributed by atoms with Crippen LogP contribution >= 0.6 is 0 Å². The Balaban J connectivity index is 2.19. The largest absolute Gasteiger partial charge is 0.478 e. The number of fused-ring (bicyclic) bond motifs is 1. The van der Waals surface area contributed by atoms with Gasteiger partial charge in [0.15, 0.2) is 0 Å². The Morgan fingerprint density at radius 2 is 2.09 bits per heavy atom. The molecule has 0 aliphatic heterocycles. The van der Waals surface area contributed by atoms with E-state index >= 15 is 0 Å². The van der Waals surface area contributed by atoms with Gasteiger partial charge in [0.05, 0.1) is 22.8 Å². The zero-order valence-corrected chi connectivity index (χ0v) is 12.7. The highest BCUT2D eigenvalue weighted by molar-refractivity contribution is 5.94. The van der Waals surface area contributed by atoms with Crippen LogP contribution in [0.2, 0.25) is 0 Å². The van der Waals surface area contributed by atoms with Gasteiger partial charge in [-0.15, -0.1) is 0 Å². The second-order valence-electron chi connectivity index (χ2n) is 5.44. The summed E-state index contributed by atoms with van der Waals surface area (Å²) in [6.07, 6.45) is 1.47. The molecule has 0 spiro atoms. The Hall–Kier alpha value is -3.20. The van der Waals surface area contributed by atoms with Crippen molar-refractivity contribution in [1.82, 2.24) is 14.8 Å². The van der Waals surface area contributed by atoms with Gasteiger partial charge in [0.1, 0.15) is 0 Å². The molecule has 6 heteroatoms. The van der Waals surface area contributed by atoms with Crippen molar-refractivity contribution in [3.8, 4) is 11.3 Å². The number of carboxylic acids is 1. The average molecular weight is 306 g/mol. The zero-order valence-electron chi connectivity index (χ0n) is 12.7. The van der Waals surface area contributed by atoms with E-state index in [1.807, 2.05) is 36.7 Å². The highest BCUT2D eigenvalue weighted by atomic mass is 16.4. The van der Waals surface area contributed by atoms with E-state index in [0.717, 1.165) is 16.5 Å². The minimum Gasteiger partial charge on any atom is -0.478 e. The van der Waals surface area contributed by atoms with Crippen molar-refractivity contribution in [2.24, 2.45) is 0 Å². The standard InChI is InChI=1S/C17H14N4O2/c1-10(2)21-15-5-4-11(8-13(15)16(18-3)20-21)14-9-12(17(22)23)6-7-19-14/h4-10H,1-2H3,(H,22,23). The van der Waals surface area contributed by atoms with Crippen LogP contribution in [-0.4, -0.2) is 25.8 Å². The van der Waals surface area contributed by atoms with Crippen molar-refractivity contribution in [3.63, 3.8) is 0 Å². The Morgan fingerprint density at radius 3 is 2.74 bits per heavy atom. The van der Waals surface area contributed by atoms with Gasteiger partial charge >= 0.3 is 11.8 Å². The maximum Gasteiger partial charge on any atom is 0.335 e. The fourth-order valence-electron chi connectivity index (χ4n) is 2.48. The van der Waals surface area contributed by atoms with Crippen LogP contribution in [0.5, 0.6) is 0 Å². The van der Waals surface area contributed by atoms with Gasteiger partial charge in [0.2, 0.25) is 0 Å². The molecule has 114 valence electrons. The molecule has 0 fully saturated rings. The first-order valence-corrected chi connectivity index (χ1v) is 7.10. The molecule has 0 amide bonds. The van der Waals surface area contributed by atoms with Crippen molar-refractivity contribution >= 4 is 22.7 Å². The van der Waals surface area contributed by atoms with E-state index < -0.39 is 5.97 Å². The van der Waals surface area contributed by atoms with Gasteiger partial charge in [0.25, 0.3) is 0 Å². The number of rotatable bonds is 3. The van der Waals surface area contributed by atoms with E-state index in [2.05, 4.69) is 14.9 Å². The number of hydrogen-bond donors (Lipinski definition) is 1. The molecule has 23 heavy (non-hydrogen) atoms. The summed E-state index contributed by atoms with van der Waals surface area (Å²) in [4.78, 5) is 18.8. The second kappa shape index (κ2) is 5.54. The van der Waals surface area contributed by atoms with E-state index in [-0.39, 0.29) is 11.6 Å². The minimum absolute atomic E-state index is 0.146. The summed E-state index contributed by atoms with van der Waals surface area (Å²) in [6, 6.07) is 8.71. The fourth-order valence-corrected chi connectivity index (χ4v) is 2.48. The van der Waals surface area contributed by atoms with Crippen LogP contribution in [0.15, 0.2) is 36.5 Å². The SMILES string of the molecule is [C-]#[N+]c1nn(C(C)C)c2ccc(-c3cc(C(=O)O)ccn3)cc12. The summed E-state index contributed by atoms with van der Waals surface area (Å²) in [5, 5.41) is 14.2. The summed E-state index contributed by atoms with van der Waals surface area (Å²) >= 11 is 0. The van der Waals surface area contributed by atoms with Gasteiger partial charge in [-0.25, -0.2) is 4.79 Å². The van der Waals surface area contributed by atoms with Crippen molar-refractivity contribution in [2.45, 2.75) is 19.9 Å². The van der Waals surface area contributed by atoms with Crippen molar-refractivity contribution in [2.75, 3.05) is 0 Å². The van der Waals surface area contributed by atoms with Crippen LogP contribution < -0.4 is 0 Å². The molecule has 6 nitrogen and oxygen atoms in total. The number of aromatic carboxylic acids is 1. The van der Waals surface area contributed by atoms with Gasteiger partial charge in [-0.2, -0.15) is 4.68 Å². The molecule has 1 N–H and O–H groups in total. The molecule has 0 aliphatic carbocycles. The lowest BCUT2D eigenvalue weighted by Crippen LogP contribution is -2.01. The molecule has 0 saturated heterocycles. The highest BCUT2D eigenvalue weighted by Crippen LogP contribution is 2.31. The fraction of sp³-hybridized carbons (Fsp3) is 0.176. The molecule has 2 aromatic heterocycles. The van der Waals surface area contributed by atoms with Gasteiger partial charge in [-0.1, -0.05) is 18.7 Å². The monoisotopic (exact) mass is 306 g/mol. The number of carbonyl (C=O) groups is 1. The predicted octanol–water partition coefficient (Wildman–Crippen LogP) is 3.93. The van der Waals surface area contributed by atoms with Crippen LogP contribution in [-0.2, 0) is 0 Å². The molecule has 3 aromatic rings. The Bertz CT molecular complexity index is 951. The first kappa shape index (κ1) is 14.7. The molecule has 2 heterocycles. The molecular weight excluding hydrogens is 292 g/mol. The average Bonchev–Trinajstić information content (AvgIpc) is 2.93. The van der Waals surface area contributed by atoms with Gasteiger partial charge in [-0.3, -0.25) is 4.98 Å². The van der Waals surface area contributed by atoms with E-state index in [0.29, 0.717) is 11.5 Å². The van der Waals surface area contributed by atoms with Gasteiger partial charge in [0, 0.05) is 11.6 Å². The molecule has 0 bridgehead atoms. The lowest BCUT2D eigenvalue weighted by atomic mass is 10.1. The molecule has 0 radical (unpaired) electrons. The normalized spacial score (nSPS) is 10.9. The molecule has 0 unspecified atom stereocenters. The lowest BCUT2D eigenvalue weighted by molar-refractivity contribution is 0.0697. The number of aromatic nitrogens is 3. The molecular formula is C17H14N4O2. The summed E-state index contributed by atoms with van der Waals surface area (Å²) in [6.45, 7) is 11.3. The third-order valence-corrected chi connectivity index (χ3v) is 3.58. The highest BCUT2D eigenvalue weighted by Gasteiger charge is 2.16. The quantitative estimate of drug-likeness (QED) is 0.744. The molecule has 0 atom stereocenters. The number of carboxylic acid groups (broad SMARTS) is 1. The summed E-state index contributed by atoms with van der Waals surface area (Å²) in [7, 11) is 0. The topological polar surface area (TPSA) is 72.4 Å². The summed E-state index contributed by atoms with van der Waals surface area (Å²) in [5.41, 5.74) is 2.37. The maximum atomic E-state index is 11.1. The lowest BCUT2D eigenvalue weighted by Gasteiger charge is -2.05. The van der Waals surface area contributed by atoms with Crippen LogP contribution in [0.25, 0.3) is 27.0 Å². The van der Waals surface area contributed by atoms with Crippen LogP contribution in [0.3, 0.4) is 0 Å². The number of pyridine rings is 1. The number of benzene rings is 1. The van der Waals surface area contributed by atoms with E-state index in [9.17, 15) is 4.79 Å². The van der Waals surface area contributed by atoms with Crippen molar-refractivity contribution in [3.05, 3.63) is 53.5 Å².